The van der Waals surface area contributed by atoms with Gasteiger partial charge in [-0.1, -0.05) is 6.42 Å². The van der Waals surface area contributed by atoms with E-state index in [1.165, 1.54) is 25.7 Å². The Bertz CT molecular complexity index is 311. The molecular formula is C14H25ClN2O. The monoisotopic (exact) mass is 272 g/mol. The number of nitrogens with zero attached hydrogens (tertiary/aromatic N) is 1. The van der Waals surface area contributed by atoms with Gasteiger partial charge in [-0.15, -0.1) is 12.4 Å². The van der Waals surface area contributed by atoms with Crippen LogP contribution in [0.1, 0.15) is 39.0 Å². The van der Waals surface area contributed by atoms with Gasteiger partial charge in [-0.05, 0) is 50.4 Å². The third kappa shape index (κ3) is 2.39. The number of rotatable bonds is 2. The number of piperidine rings is 1. The van der Waals surface area contributed by atoms with Crippen LogP contribution >= 0.6 is 12.4 Å². The zero-order valence-corrected chi connectivity index (χ0v) is 12.0. The first kappa shape index (κ1) is 14.1. The molecule has 4 heteroatoms. The Morgan fingerprint density at radius 2 is 1.89 bits per heavy atom. The van der Waals surface area contributed by atoms with Crippen LogP contribution in [0, 0.1) is 23.7 Å². The Morgan fingerprint density at radius 1 is 1.22 bits per heavy atom. The van der Waals surface area contributed by atoms with Gasteiger partial charge in [0.05, 0.1) is 0 Å². The van der Waals surface area contributed by atoms with E-state index in [0.29, 0.717) is 17.7 Å². The molecule has 2 N–H and O–H groups in total. The Morgan fingerprint density at radius 3 is 2.50 bits per heavy atom. The molecule has 4 atom stereocenters. The Balaban J connectivity index is 0.00000120. The zero-order chi connectivity index (χ0) is 12.0. The van der Waals surface area contributed by atoms with Crippen LogP contribution < -0.4 is 5.73 Å². The summed E-state index contributed by atoms with van der Waals surface area (Å²) in [6, 6.07) is 0.226. The van der Waals surface area contributed by atoms with Crippen LogP contribution in [0.5, 0.6) is 0 Å². The number of fused-ring (bicyclic) bond motifs is 1. The molecule has 3 aliphatic rings. The third-order valence-electron chi connectivity index (χ3n) is 5.20. The summed E-state index contributed by atoms with van der Waals surface area (Å²) in [6.45, 7) is 3.95. The van der Waals surface area contributed by atoms with Crippen molar-refractivity contribution in [1.82, 2.24) is 4.90 Å². The standard InChI is InChI=1S/C14H24N2O.ClH/c1-9(15)10-4-3-7-16(8-10)14(17)13-11-5-2-6-12(11)13;/h9-13H,2-8,15H2,1H3;1H. The highest BCUT2D eigenvalue weighted by Gasteiger charge is 2.57. The van der Waals surface area contributed by atoms with Crippen LogP contribution in [0.15, 0.2) is 0 Å². The lowest BCUT2D eigenvalue weighted by atomic mass is 9.91. The molecule has 0 aromatic rings. The Labute approximate surface area is 116 Å². The highest BCUT2D eigenvalue weighted by atomic mass is 35.5. The van der Waals surface area contributed by atoms with E-state index in [9.17, 15) is 4.79 Å². The SMILES string of the molecule is CC(N)C1CCCN(C(=O)C2C3CCCC32)C1.Cl. The van der Waals surface area contributed by atoms with Crippen molar-refractivity contribution in [3.63, 3.8) is 0 Å². The summed E-state index contributed by atoms with van der Waals surface area (Å²) >= 11 is 0. The zero-order valence-electron chi connectivity index (χ0n) is 11.2. The van der Waals surface area contributed by atoms with Crippen LogP contribution in [-0.4, -0.2) is 29.9 Å². The molecule has 1 aliphatic heterocycles. The van der Waals surface area contributed by atoms with Gasteiger partial charge in [-0.3, -0.25) is 4.79 Å². The van der Waals surface area contributed by atoms with E-state index in [-0.39, 0.29) is 18.4 Å². The van der Waals surface area contributed by atoms with Gasteiger partial charge in [0, 0.05) is 25.0 Å². The average Bonchev–Trinajstić information content (AvgIpc) is 2.81. The summed E-state index contributed by atoms with van der Waals surface area (Å²) in [5.74, 6) is 2.86. The van der Waals surface area contributed by atoms with Crippen molar-refractivity contribution in [3.8, 4) is 0 Å². The lowest BCUT2D eigenvalue weighted by molar-refractivity contribution is -0.135. The molecular weight excluding hydrogens is 248 g/mol. The molecule has 2 saturated carbocycles. The second-order valence-corrected chi connectivity index (χ2v) is 6.33. The van der Waals surface area contributed by atoms with Gasteiger partial charge in [-0.25, -0.2) is 0 Å². The first-order valence-electron chi connectivity index (χ1n) is 7.23. The van der Waals surface area contributed by atoms with E-state index in [1.807, 2.05) is 0 Å². The minimum absolute atomic E-state index is 0. The number of hydrogen-bond donors (Lipinski definition) is 1. The number of nitrogens with two attached hydrogens (primary N) is 1. The number of hydrogen-bond acceptors (Lipinski definition) is 2. The van der Waals surface area contributed by atoms with Crippen LogP contribution in [0.2, 0.25) is 0 Å². The fourth-order valence-corrected chi connectivity index (χ4v) is 4.04. The van der Waals surface area contributed by atoms with E-state index in [2.05, 4.69) is 11.8 Å². The molecule has 2 aliphatic carbocycles. The second-order valence-electron chi connectivity index (χ2n) is 6.33. The first-order chi connectivity index (χ1) is 8.18. The maximum atomic E-state index is 12.4. The minimum atomic E-state index is 0. The van der Waals surface area contributed by atoms with Crippen molar-refractivity contribution in [2.24, 2.45) is 29.4 Å². The normalized spacial score (nSPS) is 39.8. The molecule has 104 valence electrons. The van der Waals surface area contributed by atoms with Gasteiger partial charge in [0.2, 0.25) is 5.91 Å². The molecule has 4 unspecified atom stereocenters. The van der Waals surface area contributed by atoms with Gasteiger partial charge in [0.25, 0.3) is 0 Å². The number of carbonyl (C=O) groups is 1. The van der Waals surface area contributed by atoms with E-state index in [1.54, 1.807) is 0 Å². The smallest absolute Gasteiger partial charge is 0.226 e. The summed E-state index contributed by atoms with van der Waals surface area (Å²) in [4.78, 5) is 14.5. The molecule has 3 rings (SSSR count). The van der Waals surface area contributed by atoms with Gasteiger partial charge in [-0.2, -0.15) is 0 Å². The second kappa shape index (κ2) is 5.38. The molecule has 1 saturated heterocycles. The summed E-state index contributed by atoms with van der Waals surface area (Å²) in [7, 11) is 0. The quantitative estimate of drug-likeness (QED) is 0.836. The van der Waals surface area contributed by atoms with Gasteiger partial charge < -0.3 is 10.6 Å². The largest absolute Gasteiger partial charge is 0.342 e. The molecule has 0 bridgehead atoms. The number of halogens is 1. The molecule has 1 amide bonds. The Hall–Kier alpha value is -0.280. The molecule has 3 nitrogen and oxygen atoms in total. The summed E-state index contributed by atoms with van der Waals surface area (Å²) in [6.07, 6.45) is 6.28. The first-order valence-corrected chi connectivity index (χ1v) is 7.23. The van der Waals surface area contributed by atoms with Crippen molar-refractivity contribution in [1.29, 1.82) is 0 Å². The lowest BCUT2D eigenvalue weighted by Gasteiger charge is -2.35. The van der Waals surface area contributed by atoms with Gasteiger partial charge in [0.15, 0.2) is 0 Å². The van der Waals surface area contributed by atoms with E-state index in [0.717, 1.165) is 31.3 Å². The van der Waals surface area contributed by atoms with E-state index in [4.69, 9.17) is 5.73 Å². The van der Waals surface area contributed by atoms with Crippen molar-refractivity contribution >= 4 is 18.3 Å². The van der Waals surface area contributed by atoms with Crippen LogP contribution in [-0.2, 0) is 4.79 Å². The molecule has 3 fully saturated rings. The van der Waals surface area contributed by atoms with Gasteiger partial charge >= 0.3 is 0 Å². The number of carbonyl (C=O) groups excluding carboxylic acids is 1. The lowest BCUT2D eigenvalue weighted by Crippen LogP contribution is -2.46. The van der Waals surface area contributed by atoms with Crippen molar-refractivity contribution in [3.05, 3.63) is 0 Å². The number of likely N-dealkylation sites (tertiary alicyclic amines) is 1. The fraction of sp³-hybridized carbons (Fsp3) is 0.929. The predicted octanol–water partition coefficient (Wildman–Crippen LogP) is 2.04. The molecule has 0 aromatic carbocycles. The summed E-state index contributed by atoms with van der Waals surface area (Å²) in [5.41, 5.74) is 5.98. The van der Waals surface area contributed by atoms with Crippen molar-refractivity contribution in [2.75, 3.05) is 13.1 Å². The highest BCUT2D eigenvalue weighted by Crippen LogP contribution is 2.58. The van der Waals surface area contributed by atoms with E-state index < -0.39 is 0 Å². The summed E-state index contributed by atoms with van der Waals surface area (Å²) < 4.78 is 0. The summed E-state index contributed by atoms with van der Waals surface area (Å²) in [5, 5.41) is 0. The molecule has 0 spiro atoms. The number of amides is 1. The highest BCUT2D eigenvalue weighted by molar-refractivity contribution is 5.85. The minimum Gasteiger partial charge on any atom is -0.342 e. The fourth-order valence-electron chi connectivity index (χ4n) is 4.04. The molecule has 0 radical (unpaired) electrons. The molecule has 1 heterocycles. The average molecular weight is 273 g/mol. The molecule has 18 heavy (non-hydrogen) atoms. The van der Waals surface area contributed by atoms with Crippen molar-refractivity contribution in [2.45, 2.75) is 45.1 Å². The predicted molar refractivity (Wildman–Crippen MR) is 74.5 cm³/mol. The maximum Gasteiger partial charge on any atom is 0.226 e. The van der Waals surface area contributed by atoms with Crippen LogP contribution in [0.3, 0.4) is 0 Å². The van der Waals surface area contributed by atoms with Crippen LogP contribution in [0.25, 0.3) is 0 Å². The van der Waals surface area contributed by atoms with Crippen LogP contribution in [0.4, 0.5) is 0 Å². The molecule has 0 aromatic heterocycles. The van der Waals surface area contributed by atoms with Gasteiger partial charge in [0.1, 0.15) is 0 Å². The third-order valence-corrected chi connectivity index (χ3v) is 5.20. The van der Waals surface area contributed by atoms with Crippen molar-refractivity contribution < 1.29 is 4.79 Å². The van der Waals surface area contributed by atoms with E-state index >= 15 is 0 Å². The Kier molecular flexibility index (Phi) is 4.22. The topological polar surface area (TPSA) is 46.3 Å². The maximum absolute atomic E-state index is 12.4.